The molecular formula is C4H10INS. The highest BCUT2D eigenvalue weighted by Crippen LogP contribution is 2.01. The highest BCUT2D eigenvalue weighted by atomic mass is 127. The molecule has 0 saturated heterocycles. The number of hydrogen-bond donors (Lipinski definition) is 1. The van der Waals surface area contributed by atoms with Gasteiger partial charge in [-0.3, -0.25) is 0 Å². The van der Waals surface area contributed by atoms with Crippen LogP contribution in [0.2, 0.25) is 0 Å². The normalized spacial score (nSPS) is 9.43. The van der Waals surface area contributed by atoms with Gasteiger partial charge in [0, 0.05) is 16.1 Å². The van der Waals surface area contributed by atoms with E-state index in [1.165, 1.54) is 9.51 Å². The minimum absolute atomic E-state index is 1.13. The summed E-state index contributed by atoms with van der Waals surface area (Å²) in [7, 11) is 1.98. The lowest BCUT2D eigenvalue weighted by Crippen LogP contribution is -2.09. The molecule has 0 atom stereocenters. The van der Waals surface area contributed by atoms with Crippen LogP contribution >= 0.6 is 34.4 Å². The van der Waals surface area contributed by atoms with Gasteiger partial charge in [-0.05, 0) is 7.05 Å². The number of nitrogens with one attached hydrogen (secondary N) is 1. The van der Waals surface area contributed by atoms with E-state index in [1.807, 2.05) is 18.8 Å². The second kappa shape index (κ2) is 7.04. The van der Waals surface area contributed by atoms with Crippen LogP contribution in [0.25, 0.3) is 0 Å². The van der Waals surface area contributed by atoms with Crippen LogP contribution < -0.4 is 5.32 Å². The molecule has 0 aliphatic carbocycles. The van der Waals surface area contributed by atoms with Crippen molar-refractivity contribution in [2.75, 3.05) is 23.1 Å². The van der Waals surface area contributed by atoms with E-state index in [0.29, 0.717) is 0 Å². The van der Waals surface area contributed by atoms with Crippen LogP contribution in [0, 0.1) is 0 Å². The smallest absolute Gasteiger partial charge is 0.0454 e. The Morgan fingerprint density at radius 1 is 1.71 bits per heavy atom. The third-order valence-corrected chi connectivity index (χ3v) is 2.54. The third-order valence-electron chi connectivity index (χ3n) is 0.574. The molecule has 0 aromatic heterocycles. The third kappa shape index (κ3) is 7.04. The van der Waals surface area contributed by atoms with Crippen molar-refractivity contribution in [2.24, 2.45) is 0 Å². The van der Waals surface area contributed by atoms with E-state index in [2.05, 4.69) is 27.9 Å². The quantitative estimate of drug-likeness (QED) is 0.445. The molecule has 1 nitrogen and oxygen atoms in total. The fourth-order valence-electron chi connectivity index (χ4n) is 0.229. The van der Waals surface area contributed by atoms with E-state index >= 15 is 0 Å². The first-order valence-electron chi connectivity index (χ1n) is 2.20. The van der Waals surface area contributed by atoms with Crippen LogP contribution in [0.1, 0.15) is 0 Å². The van der Waals surface area contributed by atoms with E-state index in [9.17, 15) is 0 Å². The predicted molar refractivity (Wildman–Crippen MR) is 45.3 cm³/mol. The Hall–Kier alpha value is 1.04. The summed E-state index contributed by atoms with van der Waals surface area (Å²) >= 11 is 4.32. The van der Waals surface area contributed by atoms with Crippen LogP contribution in [0.3, 0.4) is 0 Å². The maximum absolute atomic E-state index is 3.08. The molecule has 7 heavy (non-hydrogen) atoms. The molecule has 0 rings (SSSR count). The van der Waals surface area contributed by atoms with Gasteiger partial charge in [0.25, 0.3) is 0 Å². The number of halogens is 1. The molecule has 0 bridgehead atoms. The molecule has 0 aromatic rings. The zero-order valence-corrected chi connectivity index (χ0v) is 7.38. The first-order valence-corrected chi connectivity index (χ1v) is 4.88. The summed E-state index contributed by atoms with van der Waals surface area (Å²) in [4.78, 5) is 0. The second-order valence-electron chi connectivity index (χ2n) is 1.12. The van der Waals surface area contributed by atoms with Gasteiger partial charge in [-0.2, -0.15) is 0 Å². The number of alkyl halides is 1. The molecule has 0 aromatic carbocycles. The lowest BCUT2D eigenvalue weighted by Gasteiger charge is -1.92. The monoisotopic (exact) mass is 231 g/mol. The highest BCUT2D eigenvalue weighted by Gasteiger charge is 1.79. The molecule has 3 heteroatoms. The standard InChI is InChI=1S/C4H10INS/c1-6-2-3-7-4-5/h6H,2-4H2,1H3. The molecule has 0 heterocycles. The Morgan fingerprint density at radius 3 is 2.86 bits per heavy atom. The molecule has 0 fully saturated rings. The fraction of sp³-hybridized carbons (Fsp3) is 1.00. The van der Waals surface area contributed by atoms with Crippen molar-refractivity contribution in [2.45, 2.75) is 0 Å². The molecule has 0 amide bonds. The van der Waals surface area contributed by atoms with Crippen LogP contribution in [-0.4, -0.2) is 23.1 Å². The Bertz CT molecular complexity index is 30.9. The van der Waals surface area contributed by atoms with Crippen molar-refractivity contribution in [3.8, 4) is 0 Å². The van der Waals surface area contributed by atoms with Gasteiger partial charge < -0.3 is 5.32 Å². The van der Waals surface area contributed by atoms with E-state index in [-0.39, 0.29) is 0 Å². The molecule has 0 spiro atoms. The maximum Gasteiger partial charge on any atom is 0.0454 e. The summed E-state index contributed by atoms with van der Waals surface area (Å²) in [6, 6.07) is 0. The van der Waals surface area contributed by atoms with E-state index < -0.39 is 0 Å². The van der Waals surface area contributed by atoms with Gasteiger partial charge in [-0.15, -0.1) is 11.8 Å². The first-order chi connectivity index (χ1) is 3.41. The van der Waals surface area contributed by atoms with Gasteiger partial charge in [0.1, 0.15) is 0 Å². The fourth-order valence-corrected chi connectivity index (χ4v) is 1.62. The van der Waals surface area contributed by atoms with Crippen LogP contribution in [-0.2, 0) is 0 Å². The zero-order chi connectivity index (χ0) is 5.54. The maximum atomic E-state index is 3.08. The lowest BCUT2D eigenvalue weighted by molar-refractivity contribution is 0.872. The molecule has 0 saturated carbocycles. The van der Waals surface area contributed by atoms with Crippen LogP contribution in [0.5, 0.6) is 0 Å². The molecule has 44 valence electrons. The Labute approximate surface area is 62.8 Å². The summed E-state index contributed by atoms with van der Waals surface area (Å²) in [6.07, 6.45) is 0. The Morgan fingerprint density at radius 2 is 2.43 bits per heavy atom. The zero-order valence-electron chi connectivity index (χ0n) is 4.41. The van der Waals surface area contributed by atoms with Gasteiger partial charge in [-0.1, -0.05) is 22.6 Å². The predicted octanol–water partition coefficient (Wildman–Crippen LogP) is 1.33. The average Bonchev–Trinajstić information content (AvgIpc) is 1.69. The molecule has 0 unspecified atom stereocenters. The minimum Gasteiger partial charge on any atom is -0.319 e. The summed E-state index contributed by atoms with van der Waals surface area (Å²) in [5.41, 5.74) is 0. The highest BCUT2D eigenvalue weighted by molar-refractivity contribution is 14.1. The minimum atomic E-state index is 1.13. The number of thioether (sulfide) groups is 1. The van der Waals surface area contributed by atoms with Gasteiger partial charge in [0.2, 0.25) is 0 Å². The second-order valence-corrected chi connectivity index (χ2v) is 4.02. The van der Waals surface area contributed by atoms with E-state index in [4.69, 9.17) is 0 Å². The van der Waals surface area contributed by atoms with Gasteiger partial charge >= 0.3 is 0 Å². The number of hydrogen-bond acceptors (Lipinski definition) is 2. The van der Waals surface area contributed by atoms with Crippen molar-refractivity contribution < 1.29 is 0 Å². The van der Waals surface area contributed by atoms with Crippen LogP contribution in [0.4, 0.5) is 0 Å². The van der Waals surface area contributed by atoms with Crippen molar-refractivity contribution in [3.05, 3.63) is 0 Å². The van der Waals surface area contributed by atoms with Crippen molar-refractivity contribution in [1.82, 2.24) is 5.32 Å². The van der Waals surface area contributed by atoms with Gasteiger partial charge in [0.15, 0.2) is 0 Å². The Kier molecular flexibility index (Phi) is 8.09. The van der Waals surface area contributed by atoms with Crippen molar-refractivity contribution in [3.63, 3.8) is 0 Å². The SMILES string of the molecule is CNCCSCI. The van der Waals surface area contributed by atoms with E-state index in [0.717, 1.165) is 6.54 Å². The van der Waals surface area contributed by atoms with Gasteiger partial charge in [0.05, 0.1) is 0 Å². The van der Waals surface area contributed by atoms with Crippen LogP contribution in [0.15, 0.2) is 0 Å². The summed E-state index contributed by atoms with van der Waals surface area (Å²) < 4.78 is 1.21. The topological polar surface area (TPSA) is 12.0 Å². The van der Waals surface area contributed by atoms with Crippen molar-refractivity contribution in [1.29, 1.82) is 0 Å². The van der Waals surface area contributed by atoms with E-state index in [1.54, 1.807) is 0 Å². The molecule has 0 aliphatic heterocycles. The molecule has 0 aliphatic rings. The summed E-state index contributed by atoms with van der Waals surface area (Å²) in [6.45, 7) is 1.13. The largest absolute Gasteiger partial charge is 0.319 e. The molecule has 1 N–H and O–H groups in total. The lowest BCUT2D eigenvalue weighted by atomic mass is 10.8. The molecular weight excluding hydrogens is 221 g/mol. The van der Waals surface area contributed by atoms with Gasteiger partial charge in [-0.25, -0.2) is 0 Å². The van der Waals surface area contributed by atoms with Crippen molar-refractivity contribution >= 4 is 34.4 Å². The average molecular weight is 231 g/mol. The first kappa shape index (κ1) is 8.04. The molecule has 0 radical (unpaired) electrons. The summed E-state index contributed by atoms with van der Waals surface area (Å²) in [5, 5.41) is 3.08. The Balaban J connectivity index is 2.45. The number of rotatable bonds is 4. The summed E-state index contributed by atoms with van der Waals surface area (Å²) in [5.74, 6) is 1.24.